The minimum atomic E-state index is -0.406. The first-order valence-corrected chi connectivity index (χ1v) is 11.4. The molecule has 3 nitrogen and oxygen atoms in total. The standard InChI is InChI=1S/C25H44O3/c1-17(2)23(28)11-10-18(3)25(6)13-12-20(24(25,4)5)9-7-8-19-14-21(26)16-22(27)15-19/h7-9,17-18,20-23,26-28H,10-16H2,1-6H3/b9-7+/t18-,20+,21+,22+,23+,25+/m0/s1. The van der Waals surface area contributed by atoms with E-state index < -0.39 is 12.2 Å². The predicted molar refractivity (Wildman–Crippen MR) is 117 cm³/mol. The maximum atomic E-state index is 10.2. The minimum Gasteiger partial charge on any atom is -0.393 e. The van der Waals surface area contributed by atoms with Crippen molar-refractivity contribution in [2.24, 2.45) is 28.6 Å². The van der Waals surface area contributed by atoms with Crippen LogP contribution in [0, 0.1) is 28.6 Å². The molecule has 28 heavy (non-hydrogen) atoms. The van der Waals surface area contributed by atoms with Gasteiger partial charge in [0.05, 0.1) is 18.3 Å². The summed E-state index contributed by atoms with van der Waals surface area (Å²) in [4.78, 5) is 0. The Morgan fingerprint density at radius 3 is 2.21 bits per heavy atom. The molecule has 0 unspecified atom stereocenters. The zero-order valence-corrected chi connectivity index (χ0v) is 19.0. The maximum Gasteiger partial charge on any atom is 0.0602 e. The van der Waals surface area contributed by atoms with Crippen LogP contribution in [0.1, 0.15) is 86.5 Å². The number of aliphatic hydroxyl groups is 3. The molecule has 0 spiro atoms. The SMILES string of the molecule is CC(C)[C@H](O)CC[C@H](C)[C@@]1(C)CC[C@@H](/C=C/C=C2C[C@@H](O)C[C@H](O)C2)C1(C)C. The Bertz CT molecular complexity index is 550. The highest BCUT2D eigenvalue weighted by atomic mass is 16.3. The molecule has 2 aliphatic carbocycles. The van der Waals surface area contributed by atoms with Crippen molar-refractivity contribution in [1.82, 2.24) is 0 Å². The molecule has 2 aliphatic rings. The molecule has 2 fully saturated rings. The van der Waals surface area contributed by atoms with Gasteiger partial charge in [-0.2, -0.15) is 0 Å². The van der Waals surface area contributed by atoms with Crippen LogP contribution in [0.5, 0.6) is 0 Å². The van der Waals surface area contributed by atoms with Gasteiger partial charge < -0.3 is 15.3 Å². The Hall–Kier alpha value is -0.640. The second-order valence-electron chi connectivity index (χ2n) is 10.7. The van der Waals surface area contributed by atoms with Crippen molar-refractivity contribution in [3.05, 3.63) is 23.8 Å². The number of allylic oxidation sites excluding steroid dienone is 3. The van der Waals surface area contributed by atoms with E-state index in [1.54, 1.807) is 0 Å². The fourth-order valence-corrected chi connectivity index (χ4v) is 5.48. The van der Waals surface area contributed by atoms with Crippen LogP contribution < -0.4 is 0 Å². The van der Waals surface area contributed by atoms with Gasteiger partial charge in [0.2, 0.25) is 0 Å². The van der Waals surface area contributed by atoms with E-state index in [1.165, 1.54) is 12.8 Å². The second-order valence-corrected chi connectivity index (χ2v) is 10.7. The van der Waals surface area contributed by atoms with Crippen LogP contribution in [0.15, 0.2) is 23.8 Å². The van der Waals surface area contributed by atoms with E-state index in [0.29, 0.717) is 37.0 Å². The Morgan fingerprint density at radius 1 is 1.04 bits per heavy atom. The van der Waals surface area contributed by atoms with E-state index in [2.05, 4.69) is 59.8 Å². The molecule has 0 saturated heterocycles. The lowest BCUT2D eigenvalue weighted by molar-refractivity contribution is 0.0277. The summed E-state index contributed by atoms with van der Waals surface area (Å²) in [5.41, 5.74) is 1.62. The van der Waals surface area contributed by atoms with E-state index in [-0.39, 0.29) is 16.9 Å². The topological polar surface area (TPSA) is 60.7 Å². The highest BCUT2D eigenvalue weighted by molar-refractivity contribution is 5.19. The third-order valence-electron chi connectivity index (χ3n) is 8.34. The summed E-state index contributed by atoms with van der Waals surface area (Å²) in [7, 11) is 0. The molecule has 3 heteroatoms. The molecule has 0 aromatic carbocycles. The molecule has 0 aliphatic heterocycles. The van der Waals surface area contributed by atoms with Crippen molar-refractivity contribution in [1.29, 1.82) is 0 Å². The van der Waals surface area contributed by atoms with E-state index in [1.807, 2.05) is 0 Å². The van der Waals surface area contributed by atoms with Crippen molar-refractivity contribution in [3.8, 4) is 0 Å². The van der Waals surface area contributed by atoms with Gasteiger partial charge in [-0.05, 0) is 73.5 Å². The molecule has 0 heterocycles. The number of hydrogen-bond donors (Lipinski definition) is 3. The minimum absolute atomic E-state index is 0.195. The summed E-state index contributed by atoms with van der Waals surface area (Å²) in [6.07, 6.45) is 11.9. The smallest absolute Gasteiger partial charge is 0.0602 e. The summed E-state index contributed by atoms with van der Waals surface area (Å²) in [5, 5.41) is 29.9. The molecular weight excluding hydrogens is 348 g/mol. The van der Waals surface area contributed by atoms with E-state index in [0.717, 1.165) is 18.4 Å². The maximum absolute atomic E-state index is 10.2. The molecule has 162 valence electrons. The number of aliphatic hydroxyl groups excluding tert-OH is 3. The molecule has 0 aromatic rings. The lowest BCUT2D eigenvalue weighted by Crippen LogP contribution is -2.39. The Labute approximate surface area is 172 Å². The van der Waals surface area contributed by atoms with Crippen LogP contribution in [0.25, 0.3) is 0 Å². The predicted octanol–water partition coefficient (Wildman–Crippen LogP) is 5.25. The highest BCUT2D eigenvalue weighted by Crippen LogP contribution is 2.60. The van der Waals surface area contributed by atoms with Crippen LogP contribution >= 0.6 is 0 Å². The molecule has 2 rings (SSSR count). The van der Waals surface area contributed by atoms with Gasteiger partial charge in [-0.3, -0.25) is 0 Å². The fraction of sp³-hybridized carbons (Fsp3) is 0.840. The average Bonchev–Trinajstić information content (AvgIpc) is 2.82. The first-order valence-electron chi connectivity index (χ1n) is 11.4. The fourth-order valence-electron chi connectivity index (χ4n) is 5.48. The average molecular weight is 393 g/mol. The van der Waals surface area contributed by atoms with Crippen LogP contribution in [-0.2, 0) is 0 Å². The quantitative estimate of drug-likeness (QED) is 0.554. The van der Waals surface area contributed by atoms with Crippen molar-refractivity contribution < 1.29 is 15.3 Å². The molecule has 0 aromatic heterocycles. The Morgan fingerprint density at radius 2 is 1.64 bits per heavy atom. The number of hydrogen-bond acceptors (Lipinski definition) is 3. The van der Waals surface area contributed by atoms with Crippen molar-refractivity contribution in [2.75, 3.05) is 0 Å². The van der Waals surface area contributed by atoms with E-state index in [4.69, 9.17) is 0 Å². The van der Waals surface area contributed by atoms with Crippen LogP contribution in [0.3, 0.4) is 0 Å². The van der Waals surface area contributed by atoms with Gasteiger partial charge in [0.1, 0.15) is 0 Å². The molecule has 0 radical (unpaired) electrons. The van der Waals surface area contributed by atoms with Gasteiger partial charge in [0.25, 0.3) is 0 Å². The first-order chi connectivity index (χ1) is 13.0. The summed E-state index contributed by atoms with van der Waals surface area (Å²) in [6, 6.07) is 0. The summed E-state index contributed by atoms with van der Waals surface area (Å²) < 4.78 is 0. The Kier molecular flexibility index (Phi) is 7.98. The molecule has 0 amide bonds. The normalized spacial score (nSPS) is 35.5. The molecular formula is C25H44O3. The second kappa shape index (κ2) is 9.45. The number of rotatable bonds is 7. The first kappa shape index (κ1) is 23.6. The lowest BCUT2D eigenvalue weighted by atomic mass is 9.59. The van der Waals surface area contributed by atoms with Gasteiger partial charge in [-0.1, -0.05) is 65.3 Å². The third-order valence-corrected chi connectivity index (χ3v) is 8.34. The van der Waals surface area contributed by atoms with Gasteiger partial charge >= 0.3 is 0 Å². The van der Waals surface area contributed by atoms with Crippen molar-refractivity contribution >= 4 is 0 Å². The molecule has 0 bridgehead atoms. The highest BCUT2D eigenvalue weighted by Gasteiger charge is 2.52. The van der Waals surface area contributed by atoms with Crippen molar-refractivity contribution in [3.63, 3.8) is 0 Å². The van der Waals surface area contributed by atoms with Crippen molar-refractivity contribution in [2.45, 2.75) is 105 Å². The molecule has 3 N–H and O–H groups in total. The largest absolute Gasteiger partial charge is 0.393 e. The third kappa shape index (κ3) is 5.29. The summed E-state index contributed by atoms with van der Waals surface area (Å²) in [5.74, 6) is 1.44. The van der Waals surface area contributed by atoms with Gasteiger partial charge in [-0.25, -0.2) is 0 Å². The Balaban J connectivity index is 2.01. The molecule has 2 saturated carbocycles. The zero-order valence-electron chi connectivity index (χ0n) is 19.0. The van der Waals surface area contributed by atoms with E-state index >= 15 is 0 Å². The summed E-state index contributed by atoms with van der Waals surface area (Å²) in [6.45, 7) is 13.8. The van der Waals surface area contributed by atoms with Gasteiger partial charge in [0.15, 0.2) is 0 Å². The zero-order chi connectivity index (χ0) is 21.1. The van der Waals surface area contributed by atoms with Gasteiger partial charge in [0, 0.05) is 0 Å². The summed E-state index contributed by atoms with van der Waals surface area (Å²) >= 11 is 0. The van der Waals surface area contributed by atoms with Crippen LogP contribution in [-0.4, -0.2) is 33.6 Å². The van der Waals surface area contributed by atoms with E-state index in [9.17, 15) is 15.3 Å². The van der Waals surface area contributed by atoms with Crippen LogP contribution in [0.2, 0.25) is 0 Å². The molecule has 6 atom stereocenters. The van der Waals surface area contributed by atoms with Crippen LogP contribution in [0.4, 0.5) is 0 Å². The lowest BCUT2D eigenvalue weighted by Gasteiger charge is -2.46. The van der Waals surface area contributed by atoms with Gasteiger partial charge in [-0.15, -0.1) is 0 Å². The monoisotopic (exact) mass is 392 g/mol.